The summed E-state index contributed by atoms with van der Waals surface area (Å²) in [7, 11) is -8.00. The van der Waals surface area contributed by atoms with Gasteiger partial charge in [0.2, 0.25) is 0 Å². The van der Waals surface area contributed by atoms with Gasteiger partial charge in [-0.25, -0.2) is 0 Å². The van der Waals surface area contributed by atoms with Crippen LogP contribution in [0, 0.1) is 5.92 Å². The first kappa shape index (κ1) is 23.3. The molecule has 0 saturated carbocycles. The van der Waals surface area contributed by atoms with Gasteiger partial charge in [-0.3, -0.25) is 23.2 Å². The van der Waals surface area contributed by atoms with Crippen LogP contribution in [-0.4, -0.2) is 40.4 Å². The van der Waals surface area contributed by atoms with Crippen LogP contribution in [0.4, 0.5) is 0 Å². The molecule has 2 heterocycles. The van der Waals surface area contributed by atoms with E-state index in [2.05, 4.69) is 0 Å². The molecule has 3 N–H and O–H groups in total. The van der Waals surface area contributed by atoms with Gasteiger partial charge in [0, 0.05) is 22.9 Å². The zero-order valence-electron chi connectivity index (χ0n) is 19.5. The number of carbonyl (C=O) groups is 2. The number of carbonyl (C=O) groups excluding carboxylic acids is 2. The Morgan fingerprint density at radius 2 is 1.53 bits per heavy atom. The van der Waals surface area contributed by atoms with Crippen molar-refractivity contribution in [3.05, 3.63) is 107 Å². The van der Waals surface area contributed by atoms with E-state index in [0.717, 1.165) is 0 Å². The Balaban J connectivity index is 1.53. The Kier molecular flexibility index (Phi) is 4.52. The van der Waals surface area contributed by atoms with Crippen LogP contribution >= 0.6 is 10.6 Å². The van der Waals surface area contributed by atoms with Crippen molar-refractivity contribution in [2.24, 2.45) is 5.92 Å². The van der Waals surface area contributed by atoms with E-state index in [-0.39, 0.29) is 37.4 Å². The van der Waals surface area contributed by atoms with Crippen molar-refractivity contribution in [2.45, 2.75) is 26.4 Å². The second kappa shape index (κ2) is 7.00. The highest BCUT2D eigenvalue weighted by Gasteiger charge is 2.53. The maximum atomic E-state index is 14.1. The highest BCUT2D eigenvalue weighted by molar-refractivity contribution is 8.25. The monoisotopic (exact) mass is 520 g/mol. The average molecular weight is 521 g/mol. The zero-order valence-corrected chi connectivity index (χ0v) is 21.2. The van der Waals surface area contributed by atoms with Gasteiger partial charge in [-0.1, -0.05) is 48.6 Å². The molecule has 8 heteroatoms. The lowest BCUT2D eigenvalue weighted by atomic mass is 9.79. The summed E-state index contributed by atoms with van der Waals surface area (Å²) in [5, 5.41) is 0. The van der Waals surface area contributed by atoms with Gasteiger partial charge in [0.15, 0.2) is 11.6 Å². The minimum Gasteiger partial charge on any atom is -0.295 e. The third-order valence-corrected chi connectivity index (χ3v) is 12.9. The number of hydrogen-bond acceptors (Lipinski definition) is 5. The molecule has 2 aliphatic heterocycles. The maximum Gasteiger partial charge on any atom is 0.196 e. The molecule has 36 heavy (non-hydrogen) atoms. The molecule has 0 fully saturated rings. The number of benzene rings is 3. The molecule has 0 aromatic heterocycles. The summed E-state index contributed by atoms with van der Waals surface area (Å²) in [5.74, 6) is -1.28. The topological polar surface area (TPSA) is 112 Å². The van der Waals surface area contributed by atoms with Crippen molar-refractivity contribution in [1.82, 2.24) is 0 Å². The van der Waals surface area contributed by atoms with Gasteiger partial charge >= 0.3 is 0 Å². The van der Waals surface area contributed by atoms with Crippen molar-refractivity contribution in [3.8, 4) is 0 Å². The van der Waals surface area contributed by atoms with E-state index in [9.17, 15) is 27.5 Å². The first-order valence-corrected chi connectivity index (χ1v) is 15.2. The molecule has 184 valence electrons. The van der Waals surface area contributed by atoms with Crippen LogP contribution in [0.5, 0.6) is 0 Å². The summed E-state index contributed by atoms with van der Waals surface area (Å²) < 4.78 is 47.0. The summed E-state index contributed by atoms with van der Waals surface area (Å²) >= 11 is 0. The van der Waals surface area contributed by atoms with Crippen LogP contribution in [0.2, 0.25) is 0 Å². The quantitative estimate of drug-likeness (QED) is 0.368. The number of hydrogen-bond donors (Lipinski definition) is 3. The second-order valence-corrected chi connectivity index (χ2v) is 15.7. The van der Waals surface area contributed by atoms with E-state index >= 15 is 0 Å². The van der Waals surface area contributed by atoms with Gasteiger partial charge in [-0.05, 0) is 54.5 Å². The summed E-state index contributed by atoms with van der Waals surface area (Å²) in [5.41, 5.74) is 1.78. The van der Waals surface area contributed by atoms with Crippen LogP contribution in [0.25, 0.3) is 5.57 Å². The molecule has 0 saturated heterocycles. The number of Topliss-reactive ketones (excluding diaryl/α,β-unsaturated/α-hetero) is 1. The molecule has 2 atom stereocenters. The zero-order chi connectivity index (χ0) is 25.7. The Hall–Kier alpha value is -3.14. The van der Waals surface area contributed by atoms with Gasteiger partial charge in [0.1, 0.15) is 0 Å². The Labute approximate surface area is 210 Å². The molecule has 6 nitrogen and oxygen atoms in total. The molecular formula is C28H24O6S2. The minimum atomic E-state index is -4.57. The second-order valence-electron chi connectivity index (χ2n) is 9.85. The number of allylic oxidation sites excluding steroid dienone is 3. The van der Waals surface area contributed by atoms with Crippen molar-refractivity contribution in [1.29, 1.82) is 0 Å². The summed E-state index contributed by atoms with van der Waals surface area (Å²) in [4.78, 5) is 26.7. The molecule has 0 radical (unpaired) electrons. The van der Waals surface area contributed by atoms with Crippen LogP contribution in [0.15, 0.2) is 99.6 Å². The lowest BCUT2D eigenvalue weighted by molar-refractivity contribution is 0.0917. The smallest absolute Gasteiger partial charge is 0.196 e. The fraction of sp³-hybridized carbons (Fsp3) is 0.143. The van der Waals surface area contributed by atoms with Crippen LogP contribution in [0.1, 0.15) is 38.8 Å². The average Bonchev–Trinajstić information content (AvgIpc) is 2.86. The fourth-order valence-electron chi connectivity index (χ4n) is 5.57. The highest BCUT2D eigenvalue weighted by atomic mass is 32.3. The molecule has 6 rings (SSSR count). The fourth-order valence-corrected chi connectivity index (χ4v) is 10.0. The van der Waals surface area contributed by atoms with E-state index in [4.69, 9.17) is 0 Å². The Morgan fingerprint density at radius 3 is 2.28 bits per heavy atom. The van der Waals surface area contributed by atoms with Gasteiger partial charge in [0.25, 0.3) is 0 Å². The summed E-state index contributed by atoms with van der Waals surface area (Å²) in [6, 6.07) is 17.6. The third-order valence-electron chi connectivity index (χ3n) is 7.61. The molecule has 0 spiro atoms. The Bertz CT molecular complexity index is 1660. The summed E-state index contributed by atoms with van der Waals surface area (Å²) in [6.07, 6.45) is 6.31. The SMILES string of the molecule is CC12C=C(c3ccc4c(c3)S(C)(=O)(O)c3ccccc3C4=O)C=CC1C(=O)c1ccccc1S2(O)O. The van der Waals surface area contributed by atoms with Crippen molar-refractivity contribution >= 4 is 37.1 Å². The lowest BCUT2D eigenvalue weighted by Gasteiger charge is -2.54. The minimum absolute atomic E-state index is 0.0337. The van der Waals surface area contributed by atoms with Crippen LogP contribution < -0.4 is 0 Å². The molecular weight excluding hydrogens is 496 g/mol. The maximum absolute atomic E-state index is 14.1. The lowest BCUT2D eigenvalue weighted by Crippen LogP contribution is -2.46. The molecule has 1 aliphatic carbocycles. The number of ketones is 2. The van der Waals surface area contributed by atoms with Crippen LogP contribution in [-0.2, 0) is 9.35 Å². The van der Waals surface area contributed by atoms with E-state index in [1.807, 2.05) is 0 Å². The predicted molar refractivity (Wildman–Crippen MR) is 140 cm³/mol. The molecule has 2 unspecified atom stereocenters. The van der Waals surface area contributed by atoms with Gasteiger partial charge < -0.3 is 0 Å². The first-order valence-electron chi connectivity index (χ1n) is 11.4. The predicted octanol–water partition coefficient (Wildman–Crippen LogP) is 5.91. The van der Waals surface area contributed by atoms with Gasteiger partial charge in [0.05, 0.1) is 25.4 Å². The standard InChI is InChI=1S/C28H24O6S2/c1-28-16-18(12-14-22(28)27(30)19-7-3-5-9-23(19)35(28,31)32)17-11-13-21-25(15-17)36(2,33,34)24-10-6-4-8-20(24)26(21)29/h3-16,22,31-32H,1-2H3,(H,33,34). The van der Waals surface area contributed by atoms with E-state index in [0.29, 0.717) is 16.7 Å². The molecule has 0 amide bonds. The van der Waals surface area contributed by atoms with E-state index in [1.54, 1.807) is 79.7 Å². The van der Waals surface area contributed by atoms with Crippen molar-refractivity contribution < 1.29 is 27.5 Å². The normalized spacial score (nSPS) is 28.3. The molecule has 3 aromatic carbocycles. The molecule has 0 bridgehead atoms. The largest absolute Gasteiger partial charge is 0.295 e. The summed E-state index contributed by atoms with van der Waals surface area (Å²) in [6.45, 7) is 1.65. The van der Waals surface area contributed by atoms with Crippen LogP contribution in [0.3, 0.4) is 0 Å². The molecule has 3 aliphatic rings. The van der Waals surface area contributed by atoms with Crippen molar-refractivity contribution in [2.75, 3.05) is 6.26 Å². The number of rotatable bonds is 1. The van der Waals surface area contributed by atoms with E-state index < -0.39 is 30.6 Å². The van der Waals surface area contributed by atoms with Gasteiger partial charge in [-0.2, -0.15) is 14.8 Å². The van der Waals surface area contributed by atoms with E-state index in [1.165, 1.54) is 18.4 Å². The highest BCUT2D eigenvalue weighted by Crippen LogP contribution is 2.68. The van der Waals surface area contributed by atoms with Crippen molar-refractivity contribution in [3.63, 3.8) is 0 Å². The first-order chi connectivity index (χ1) is 16.9. The number of fused-ring (bicyclic) bond motifs is 4. The Morgan fingerprint density at radius 1 is 0.889 bits per heavy atom. The van der Waals surface area contributed by atoms with Gasteiger partial charge in [-0.15, -0.1) is 9.35 Å². The molecule has 3 aromatic rings. The third kappa shape index (κ3) is 2.82.